The van der Waals surface area contributed by atoms with Gasteiger partial charge in [0.2, 0.25) is 11.6 Å². The predicted molar refractivity (Wildman–Crippen MR) is 118 cm³/mol. The Bertz CT molecular complexity index is 1050. The standard InChI is InChI=1S/C21H25N5O4S/c1-27-16-12-15(13-17(28-2)19(16)29-3)20-23-26(21(31)30-20)14-24-8-10-25(11-9-24)18-6-4-5-7-22-18/h4-7,12-13H,8-11,14H2,1-3H3. The van der Waals surface area contributed by atoms with E-state index in [1.165, 1.54) is 0 Å². The molecule has 3 heterocycles. The number of anilines is 1. The van der Waals surface area contributed by atoms with Gasteiger partial charge >= 0.3 is 0 Å². The van der Waals surface area contributed by atoms with Crippen LogP contribution >= 0.6 is 12.2 Å². The topological polar surface area (TPSA) is 78.0 Å². The monoisotopic (exact) mass is 443 g/mol. The summed E-state index contributed by atoms with van der Waals surface area (Å²) in [6.45, 7) is 4.10. The van der Waals surface area contributed by atoms with Crippen LogP contribution in [0.15, 0.2) is 40.9 Å². The molecule has 2 aromatic heterocycles. The normalized spacial score (nSPS) is 14.5. The maximum absolute atomic E-state index is 5.77. The molecule has 1 aliphatic rings. The van der Waals surface area contributed by atoms with Crippen molar-refractivity contribution in [3.05, 3.63) is 41.4 Å². The number of ether oxygens (including phenoxy) is 3. The van der Waals surface area contributed by atoms with Crippen molar-refractivity contribution < 1.29 is 18.6 Å². The first kappa shape index (κ1) is 21.1. The van der Waals surface area contributed by atoms with Crippen LogP contribution in [-0.2, 0) is 6.67 Å². The van der Waals surface area contributed by atoms with Crippen LogP contribution in [0.5, 0.6) is 17.2 Å². The van der Waals surface area contributed by atoms with Crippen LogP contribution < -0.4 is 19.1 Å². The van der Waals surface area contributed by atoms with E-state index < -0.39 is 0 Å². The van der Waals surface area contributed by atoms with Crippen molar-refractivity contribution in [1.82, 2.24) is 19.7 Å². The van der Waals surface area contributed by atoms with Crippen LogP contribution in [0.1, 0.15) is 0 Å². The first-order valence-electron chi connectivity index (χ1n) is 9.89. The van der Waals surface area contributed by atoms with E-state index in [1.807, 2.05) is 24.4 Å². The fourth-order valence-corrected chi connectivity index (χ4v) is 3.74. The molecule has 0 amide bonds. The second kappa shape index (κ2) is 9.36. The number of nitrogens with zero attached hydrogens (tertiary/aromatic N) is 5. The second-order valence-electron chi connectivity index (χ2n) is 7.02. The van der Waals surface area contributed by atoms with Crippen LogP contribution in [0, 0.1) is 4.84 Å². The summed E-state index contributed by atoms with van der Waals surface area (Å²) in [5.74, 6) is 2.97. The number of piperazine rings is 1. The molecule has 1 fully saturated rings. The first-order valence-corrected chi connectivity index (χ1v) is 10.3. The van der Waals surface area contributed by atoms with E-state index in [2.05, 4.69) is 19.9 Å². The Hall–Kier alpha value is -3.11. The average Bonchev–Trinajstić information content (AvgIpc) is 3.19. The largest absolute Gasteiger partial charge is 0.493 e. The van der Waals surface area contributed by atoms with Crippen LogP contribution in [0.2, 0.25) is 0 Å². The summed E-state index contributed by atoms with van der Waals surface area (Å²) >= 11 is 5.41. The van der Waals surface area contributed by atoms with E-state index in [-0.39, 0.29) is 0 Å². The lowest BCUT2D eigenvalue weighted by atomic mass is 10.2. The van der Waals surface area contributed by atoms with Crippen molar-refractivity contribution in [3.8, 4) is 28.7 Å². The molecule has 0 N–H and O–H groups in total. The third-order valence-corrected chi connectivity index (χ3v) is 5.49. The highest BCUT2D eigenvalue weighted by Crippen LogP contribution is 2.40. The number of rotatable bonds is 7. The van der Waals surface area contributed by atoms with Gasteiger partial charge in [-0.15, -0.1) is 5.10 Å². The Balaban J connectivity index is 1.48. The van der Waals surface area contributed by atoms with Crippen molar-refractivity contribution in [3.63, 3.8) is 0 Å². The summed E-state index contributed by atoms with van der Waals surface area (Å²) in [5.41, 5.74) is 0.694. The summed E-state index contributed by atoms with van der Waals surface area (Å²) in [7, 11) is 4.70. The number of methoxy groups -OCH3 is 3. The molecule has 4 rings (SSSR count). The Morgan fingerprint density at radius 3 is 2.29 bits per heavy atom. The third-order valence-electron chi connectivity index (χ3n) is 5.20. The molecule has 10 heteroatoms. The zero-order valence-electron chi connectivity index (χ0n) is 17.8. The molecule has 164 valence electrons. The number of hydrogen-bond donors (Lipinski definition) is 0. The quantitative estimate of drug-likeness (QED) is 0.512. The molecule has 3 aromatic rings. The lowest BCUT2D eigenvalue weighted by Gasteiger charge is -2.34. The van der Waals surface area contributed by atoms with Crippen molar-refractivity contribution in [2.45, 2.75) is 6.67 Å². The SMILES string of the molecule is COc1cc(-c2nn(CN3CCN(c4ccccn4)CC3)c(=S)o2)cc(OC)c1OC. The highest BCUT2D eigenvalue weighted by atomic mass is 32.1. The molecule has 0 unspecified atom stereocenters. The minimum absolute atomic E-state index is 0.316. The Morgan fingerprint density at radius 1 is 1.00 bits per heavy atom. The molecular formula is C21H25N5O4S. The smallest absolute Gasteiger partial charge is 0.288 e. The molecule has 31 heavy (non-hydrogen) atoms. The van der Waals surface area contributed by atoms with Crippen molar-refractivity contribution >= 4 is 18.0 Å². The molecular weight excluding hydrogens is 418 g/mol. The van der Waals surface area contributed by atoms with Crippen molar-refractivity contribution in [1.29, 1.82) is 0 Å². The Morgan fingerprint density at radius 2 is 1.71 bits per heavy atom. The molecule has 0 saturated carbocycles. The fourth-order valence-electron chi connectivity index (χ4n) is 3.57. The molecule has 1 aromatic carbocycles. The minimum Gasteiger partial charge on any atom is -0.493 e. The van der Waals surface area contributed by atoms with Gasteiger partial charge in [0.1, 0.15) is 5.82 Å². The summed E-state index contributed by atoms with van der Waals surface area (Å²) in [6.07, 6.45) is 1.82. The van der Waals surface area contributed by atoms with Crippen LogP contribution in [0.4, 0.5) is 5.82 Å². The second-order valence-corrected chi connectivity index (χ2v) is 7.37. The zero-order valence-corrected chi connectivity index (χ0v) is 18.6. The van der Waals surface area contributed by atoms with Gasteiger partial charge in [-0.1, -0.05) is 6.07 Å². The van der Waals surface area contributed by atoms with E-state index in [9.17, 15) is 0 Å². The van der Waals surface area contributed by atoms with E-state index in [0.717, 1.165) is 32.0 Å². The molecule has 0 aliphatic carbocycles. The fraction of sp³-hybridized carbons (Fsp3) is 0.381. The van der Waals surface area contributed by atoms with Gasteiger partial charge in [0.25, 0.3) is 4.84 Å². The highest BCUT2D eigenvalue weighted by molar-refractivity contribution is 7.71. The van der Waals surface area contributed by atoms with Crippen LogP contribution in [0.25, 0.3) is 11.5 Å². The van der Waals surface area contributed by atoms with E-state index in [0.29, 0.717) is 40.2 Å². The average molecular weight is 444 g/mol. The molecule has 0 spiro atoms. The summed E-state index contributed by atoms with van der Waals surface area (Å²) in [6, 6.07) is 9.55. The lowest BCUT2D eigenvalue weighted by molar-refractivity contribution is 0.192. The van der Waals surface area contributed by atoms with E-state index in [1.54, 1.807) is 38.1 Å². The molecule has 0 bridgehead atoms. The summed E-state index contributed by atoms with van der Waals surface area (Å²) < 4.78 is 23.7. The summed E-state index contributed by atoms with van der Waals surface area (Å²) in [4.78, 5) is 9.31. The van der Waals surface area contributed by atoms with Crippen LogP contribution in [0.3, 0.4) is 0 Å². The van der Waals surface area contributed by atoms with Gasteiger partial charge in [0, 0.05) is 37.9 Å². The third kappa shape index (κ3) is 4.49. The minimum atomic E-state index is 0.316. The highest BCUT2D eigenvalue weighted by Gasteiger charge is 2.21. The Labute approximate surface area is 185 Å². The Kier molecular flexibility index (Phi) is 6.38. The first-order chi connectivity index (χ1) is 15.1. The van der Waals surface area contributed by atoms with E-state index >= 15 is 0 Å². The molecule has 1 saturated heterocycles. The number of aromatic nitrogens is 3. The molecule has 0 radical (unpaired) electrons. The van der Waals surface area contributed by atoms with Crippen molar-refractivity contribution in [2.24, 2.45) is 0 Å². The summed E-state index contributed by atoms with van der Waals surface area (Å²) in [5, 5.41) is 4.58. The van der Waals surface area contributed by atoms with Gasteiger partial charge < -0.3 is 23.5 Å². The van der Waals surface area contributed by atoms with Gasteiger partial charge in [-0.25, -0.2) is 9.67 Å². The van der Waals surface area contributed by atoms with Gasteiger partial charge in [0.05, 0.1) is 28.0 Å². The van der Waals surface area contributed by atoms with Gasteiger partial charge in [-0.2, -0.15) is 0 Å². The molecule has 1 aliphatic heterocycles. The van der Waals surface area contributed by atoms with Crippen LogP contribution in [-0.4, -0.2) is 67.2 Å². The predicted octanol–water partition coefficient (Wildman–Crippen LogP) is 3.07. The van der Waals surface area contributed by atoms with Crippen molar-refractivity contribution in [2.75, 3.05) is 52.4 Å². The van der Waals surface area contributed by atoms with E-state index in [4.69, 9.17) is 30.8 Å². The van der Waals surface area contributed by atoms with Gasteiger partial charge in [0.15, 0.2) is 11.5 Å². The zero-order chi connectivity index (χ0) is 21.8. The maximum atomic E-state index is 5.77. The van der Waals surface area contributed by atoms with Gasteiger partial charge in [-0.3, -0.25) is 4.90 Å². The number of benzene rings is 1. The lowest BCUT2D eigenvalue weighted by Crippen LogP contribution is -2.47. The molecule has 0 atom stereocenters. The maximum Gasteiger partial charge on any atom is 0.288 e. The number of hydrogen-bond acceptors (Lipinski definition) is 9. The molecule has 9 nitrogen and oxygen atoms in total. The van der Waals surface area contributed by atoms with Gasteiger partial charge in [-0.05, 0) is 36.5 Å². The number of pyridine rings is 1.